The number of rotatable bonds is 6. The number of aromatic nitrogens is 2. The van der Waals surface area contributed by atoms with Crippen LogP contribution in [0, 0.1) is 0 Å². The molecule has 1 N–H and O–H groups in total. The summed E-state index contributed by atoms with van der Waals surface area (Å²) in [6.45, 7) is 4.90. The number of aromatic carboxylic acids is 1. The van der Waals surface area contributed by atoms with E-state index in [-0.39, 0.29) is 5.69 Å². The smallest absolute Gasteiger partial charge is 0.354 e. The van der Waals surface area contributed by atoms with Crippen molar-refractivity contribution in [1.29, 1.82) is 0 Å². The molecule has 0 aliphatic heterocycles. The summed E-state index contributed by atoms with van der Waals surface area (Å²) in [5.74, 6) is 0.248. The summed E-state index contributed by atoms with van der Waals surface area (Å²) in [5, 5.41) is 8.98. The Balaban J connectivity index is 2.97. The Labute approximate surface area is 102 Å². The van der Waals surface area contributed by atoms with E-state index in [1.54, 1.807) is 0 Å². The molecule has 0 spiro atoms. The second kappa shape index (κ2) is 6.18. The predicted molar refractivity (Wildman–Crippen MR) is 66.5 cm³/mol. The van der Waals surface area contributed by atoms with Crippen molar-refractivity contribution in [1.82, 2.24) is 9.97 Å². The Bertz CT molecular complexity index is 393. The molecular formula is C12H19N3O2. The first kappa shape index (κ1) is 13.4. The van der Waals surface area contributed by atoms with Crippen LogP contribution in [-0.4, -0.2) is 34.6 Å². The van der Waals surface area contributed by atoms with Crippen LogP contribution in [0.5, 0.6) is 0 Å². The number of carboxylic acid groups (broad SMARTS) is 1. The highest BCUT2D eigenvalue weighted by Crippen LogP contribution is 2.12. The summed E-state index contributed by atoms with van der Waals surface area (Å²) in [6.07, 6.45) is 2.79. The van der Waals surface area contributed by atoms with E-state index in [4.69, 9.17) is 5.11 Å². The highest BCUT2D eigenvalue weighted by molar-refractivity contribution is 5.86. The van der Waals surface area contributed by atoms with E-state index in [9.17, 15) is 4.79 Å². The Morgan fingerprint density at radius 3 is 2.65 bits per heavy atom. The van der Waals surface area contributed by atoms with Crippen molar-refractivity contribution in [3.05, 3.63) is 17.6 Å². The maximum Gasteiger partial charge on any atom is 0.354 e. The van der Waals surface area contributed by atoms with Crippen molar-refractivity contribution >= 4 is 11.8 Å². The van der Waals surface area contributed by atoms with E-state index in [2.05, 4.69) is 16.9 Å². The van der Waals surface area contributed by atoms with Crippen molar-refractivity contribution in [2.45, 2.75) is 33.1 Å². The SMILES string of the molecule is CCCCN(C)c1cc(C(=O)O)nc(CC)n1. The standard InChI is InChI=1S/C12H19N3O2/c1-4-6-7-15(3)11-8-9(12(16)17)13-10(5-2)14-11/h8H,4-7H2,1-3H3,(H,16,17). The molecular weight excluding hydrogens is 218 g/mol. The second-order valence-corrected chi connectivity index (χ2v) is 3.96. The molecule has 5 nitrogen and oxygen atoms in total. The van der Waals surface area contributed by atoms with Gasteiger partial charge < -0.3 is 10.0 Å². The molecule has 0 fully saturated rings. The minimum Gasteiger partial charge on any atom is -0.477 e. The number of nitrogens with zero attached hydrogens (tertiary/aromatic N) is 3. The number of aryl methyl sites for hydroxylation is 1. The molecule has 1 aromatic heterocycles. The minimum absolute atomic E-state index is 0.0650. The lowest BCUT2D eigenvalue weighted by molar-refractivity contribution is 0.0690. The Kier molecular flexibility index (Phi) is 4.87. The Hall–Kier alpha value is -1.65. The molecule has 1 heterocycles. The molecule has 0 bridgehead atoms. The first-order valence-electron chi connectivity index (χ1n) is 5.90. The van der Waals surface area contributed by atoms with Gasteiger partial charge in [-0.1, -0.05) is 20.3 Å². The average molecular weight is 237 g/mol. The summed E-state index contributed by atoms with van der Waals surface area (Å²) in [5.41, 5.74) is 0.0650. The highest BCUT2D eigenvalue weighted by Gasteiger charge is 2.11. The zero-order valence-electron chi connectivity index (χ0n) is 10.6. The lowest BCUT2D eigenvalue weighted by Gasteiger charge is -2.18. The summed E-state index contributed by atoms with van der Waals surface area (Å²) in [7, 11) is 1.92. The third-order valence-electron chi connectivity index (χ3n) is 2.53. The molecule has 0 saturated carbocycles. The van der Waals surface area contributed by atoms with Gasteiger partial charge in [0.2, 0.25) is 0 Å². The third-order valence-corrected chi connectivity index (χ3v) is 2.53. The van der Waals surface area contributed by atoms with Gasteiger partial charge in [0, 0.05) is 26.1 Å². The van der Waals surface area contributed by atoms with Crippen molar-refractivity contribution in [3.63, 3.8) is 0 Å². The van der Waals surface area contributed by atoms with Crippen LogP contribution in [-0.2, 0) is 6.42 Å². The maximum atomic E-state index is 10.9. The van der Waals surface area contributed by atoms with Gasteiger partial charge in [-0.2, -0.15) is 0 Å². The molecule has 0 unspecified atom stereocenters. The second-order valence-electron chi connectivity index (χ2n) is 3.96. The van der Waals surface area contributed by atoms with Crippen LogP contribution >= 0.6 is 0 Å². The van der Waals surface area contributed by atoms with Crippen molar-refractivity contribution < 1.29 is 9.90 Å². The normalized spacial score (nSPS) is 10.3. The van der Waals surface area contributed by atoms with Gasteiger partial charge in [-0.3, -0.25) is 0 Å². The predicted octanol–water partition coefficient (Wildman–Crippen LogP) is 1.97. The highest BCUT2D eigenvalue weighted by atomic mass is 16.4. The Morgan fingerprint density at radius 2 is 2.12 bits per heavy atom. The lowest BCUT2D eigenvalue weighted by atomic mass is 10.3. The summed E-state index contributed by atoms with van der Waals surface area (Å²) < 4.78 is 0. The van der Waals surface area contributed by atoms with Gasteiger partial charge in [0.05, 0.1) is 0 Å². The molecule has 0 saturated heterocycles. The van der Waals surface area contributed by atoms with Crippen LogP contribution in [0.4, 0.5) is 5.82 Å². The van der Waals surface area contributed by atoms with Crippen LogP contribution in [0.15, 0.2) is 6.07 Å². The van der Waals surface area contributed by atoms with Gasteiger partial charge in [0.15, 0.2) is 5.69 Å². The van der Waals surface area contributed by atoms with E-state index < -0.39 is 5.97 Å². The molecule has 0 amide bonds. The number of carboxylic acids is 1. The van der Waals surface area contributed by atoms with Gasteiger partial charge in [-0.05, 0) is 6.42 Å². The quantitative estimate of drug-likeness (QED) is 0.819. The van der Waals surface area contributed by atoms with Gasteiger partial charge >= 0.3 is 5.97 Å². The van der Waals surface area contributed by atoms with E-state index in [1.807, 2.05) is 18.9 Å². The van der Waals surface area contributed by atoms with Crippen LogP contribution in [0.1, 0.15) is 43.0 Å². The van der Waals surface area contributed by atoms with E-state index >= 15 is 0 Å². The fraction of sp³-hybridized carbons (Fsp3) is 0.583. The number of carbonyl (C=O) groups is 1. The summed E-state index contributed by atoms with van der Waals surface area (Å²) in [6, 6.07) is 1.52. The van der Waals surface area contributed by atoms with E-state index in [0.717, 1.165) is 19.4 Å². The number of hydrogen-bond acceptors (Lipinski definition) is 4. The summed E-state index contributed by atoms with van der Waals surface area (Å²) >= 11 is 0. The summed E-state index contributed by atoms with van der Waals surface area (Å²) in [4.78, 5) is 21.2. The molecule has 0 atom stereocenters. The molecule has 94 valence electrons. The fourth-order valence-electron chi connectivity index (χ4n) is 1.46. The van der Waals surface area contributed by atoms with Crippen molar-refractivity contribution in [2.75, 3.05) is 18.5 Å². The van der Waals surface area contributed by atoms with Crippen LogP contribution < -0.4 is 4.90 Å². The molecule has 1 rings (SSSR count). The van der Waals surface area contributed by atoms with Gasteiger partial charge in [0.25, 0.3) is 0 Å². The maximum absolute atomic E-state index is 10.9. The molecule has 0 aromatic carbocycles. The molecule has 1 aromatic rings. The first-order valence-corrected chi connectivity index (χ1v) is 5.90. The van der Waals surface area contributed by atoms with Crippen LogP contribution in [0.25, 0.3) is 0 Å². The minimum atomic E-state index is -1.01. The van der Waals surface area contributed by atoms with E-state index in [0.29, 0.717) is 18.1 Å². The van der Waals surface area contributed by atoms with Crippen LogP contribution in [0.3, 0.4) is 0 Å². The number of hydrogen-bond donors (Lipinski definition) is 1. The average Bonchev–Trinajstić information content (AvgIpc) is 2.35. The monoisotopic (exact) mass is 237 g/mol. The van der Waals surface area contributed by atoms with Gasteiger partial charge in [-0.15, -0.1) is 0 Å². The number of anilines is 1. The molecule has 0 aliphatic rings. The zero-order valence-corrected chi connectivity index (χ0v) is 10.6. The van der Waals surface area contributed by atoms with Crippen LogP contribution in [0.2, 0.25) is 0 Å². The van der Waals surface area contributed by atoms with E-state index in [1.165, 1.54) is 6.07 Å². The fourth-order valence-corrected chi connectivity index (χ4v) is 1.46. The Morgan fingerprint density at radius 1 is 1.41 bits per heavy atom. The van der Waals surface area contributed by atoms with Gasteiger partial charge in [-0.25, -0.2) is 14.8 Å². The first-order chi connectivity index (χ1) is 8.08. The molecule has 5 heteroatoms. The molecule has 0 radical (unpaired) electrons. The van der Waals surface area contributed by atoms with Gasteiger partial charge in [0.1, 0.15) is 11.6 Å². The third kappa shape index (κ3) is 3.69. The van der Waals surface area contributed by atoms with Crippen molar-refractivity contribution in [2.24, 2.45) is 0 Å². The molecule has 17 heavy (non-hydrogen) atoms. The largest absolute Gasteiger partial charge is 0.477 e. The molecule has 0 aliphatic carbocycles. The number of unbranched alkanes of at least 4 members (excludes halogenated alkanes) is 1. The zero-order chi connectivity index (χ0) is 12.8. The van der Waals surface area contributed by atoms with Crippen molar-refractivity contribution in [3.8, 4) is 0 Å². The topological polar surface area (TPSA) is 66.3 Å². The lowest BCUT2D eigenvalue weighted by Crippen LogP contribution is -2.21.